The molecule has 0 saturated carbocycles. The Hall–Kier alpha value is -2.86. The monoisotopic (exact) mass is 364 g/mol. The molecule has 27 heavy (non-hydrogen) atoms. The fraction of sp³-hybridized carbons (Fsp3) is 0.333. The third-order valence-corrected chi connectivity index (χ3v) is 5.11. The van der Waals surface area contributed by atoms with Crippen LogP contribution in [0.3, 0.4) is 0 Å². The zero-order chi connectivity index (χ0) is 18.6. The van der Waals surface area contributed by atoms with Gasteiger partial charge in [0.05, 0.1) is 24.5 Å². The second-order valence-electron chi connectivity index (χ2n) is 6.90. The van der Waals surface area contributed by atoms with E-state index < -0.39 is 0 Å². The number of imidazole rings is 1. The summed E-state index contributed by atoms with van der Waals surface area (Å²) in [4.78, 5) is 24.6. The Balaban J connectivity index is 1.39. The summed E-state index contributed by atoms with van der Waals surface area (Å²) in [6.45, 7) is 4.31. The van der Waals surface area contributed by atoms with Gasteiger partial charge in [-0.15, -0.1) is 0 Å². The molecule has 1 aliphatic rings. The molecule has 2 aromatic carbocycles. The predicted octanol–water partition coefficient (Wildman–Crippen LogP) is 2.92. The normalized spacial score (nSPS) is 15.7. The smallest absolute Gasteiger partial charge is 0.253 e. The van der Waals surface area contributed by atoms with E-state index in [9.17, 15) is 4.79 Å². The van der Waals surface area contributed by atoms with E-state index in [2.05, 4.69) is 27.0 Å². The number of H-pyrrole nitrogens is 1. The highest BCUT2D eigenvalue weighted by Crippen LogP contribution is 2.17. The standard InChI is InChI=1S/C21H24N4O2/c1-27-18-6-3-16(4-7-18)14-24-9-2-10-25(12-11-24)21(26)17-5-8-19-20(13-17)23-15-22-19/h3-8,13,15H,2,9-12,14H2,1H3,(H,22,23). The molecule has 2 heterocycles. The number of nitrogens with zero attached hydrogens (tertiary/aromatic N) is 3. The Bertz CT molecular complexity index is 919. The van der Waals surface area contributed by atoms with Crippen molar-refractivity contribution in [2.75, 3.05) is 33.3 Å². The van der Waals surface area contributed by atoms with Crippen molar-refractivity contribution in [2.45, 2.75) is 13.0 Å². The molecule has 0 spiro atoms. The van der Waals surface area contributed by atoms with E-state index in [0.717, 1.165) is 61.5 Å². The van der Waals surface area contributed by atoms with Gasteiger partial charge in [0.1, 0.15) is 5.75 Å². The lowest BCUT2D eigenvalue weighted by atomic mass is 10.1. The number of ether oxygens (including phenoxy) is 1. The van der Waals surface area contributed by atoms with Crippen molar-refractivity contribution in [3.8, 4) is 5.75 Å². The first-order chi connectivity index (χ1) is 13.2. The molecule has 0 unspecified atom stereocenters. The lowest BCUT2D eigenvalue weighted by Gasteiger charge is -2.22. The van der Waals surface area contributed by atoms with Crippen molar-refractivity contribution in [3.05, 3.63) is 59.9 Å². The minimum atomic E-state index is 0.0952. The molecule has 1 aliphatic heterocycles. The Labute approximate surface area is 158 Å². The molecule has 1 amide bonds. The van der Waals surface area contributed by atoms with Crippen molar-refractivity contribution in [2.24, 2.45) is 0 Å². The van der Waals surface area contributed by atoms with Gasteiger partial charge in [0.15, 0.2) is 0 Å². The van der Waals surface area contributed by atoms with E-state index >= 15 is 0 Å². The molecule has 0 radical (unpaired) electrons. The van der Waals surface area contributed by atoms with Crippen LogP contribution >= 0.6 is 0 Å². The Kier molecular flexibility index (Phi) is 5.07. The average Bonchev–Trinajstić information content (AvgIpc) is 3.06. The van der Waals surface area contributed by atoms with E-state index in [1.165, 1.54) is 5.56 Å². The maximum absolute atomic E-state index is 12.9. The first-order valence-electron chi connectivity index (χ1n) is 9.30. The van der Waals surface area contributed by atoms with Crippen LogP contribution in [-0.2, 0) is 6.54 Å². The van der Waals surface area contributed by atoms with Gasteiger partial charge >= 0.3 is 0 Å². The molecule has 1 saturated heterocycles. The summed E-state index contributed by atoms with van der Waals surface area (Å²) >= 11 is 0. The van der Waals surface area contributed by atoms with Crippen molar-refractivity contribution >= 4 is 16.9 Å². The van der Waals surface area contributed by atoms with Gasteiger partial charge < -0.3 is 14.6 Å². The number of hydrogen-bond acceptors (Lipinski definition) is 4. The number of fused-ring (bicyclic) bond motifs is 1. The Morgan fingerprint density at radius 1 is 1.11 bits per heavy atom. The molecule has 1 aromatic heterocycles. The van der Waals surface area contributed by atoms with Gasteiger partial charge in [-0.3, -0.25) is 9.69 Å². The summed E-state index contributed by atoms with van der Waals surface area (Å²) in [6, 6.07) is 13.9. The molecule has 1 N–H and O–H groups in total. The molecule has 4 rings (SSSR count). The van der Waals surface area contributed by atoms with E-state index in [1.54, 1.807) is 13.4 Å². The number of carbonyl (C=O) groups is 1. The molecule has 3 aromatic rings. The van der Waals surface area contributed by atoms with Gasteiger partial charge in [-0.05, 0) is 42.3 Å². The number of benzene rings is 2. The number of aromatic amines is 1. The number of carbonyl (C=O) groups excluding carboxylic acids is 1. The Morgan fingerprint density at radius 3 is 2.78 bits per heavy atom. The third-order valence-electron chi connectivity index (χ3n) is 5.11. The molecule has 140 valence electrons. The maximum atomic E-state index is 12.9. The minimum absolute atomic E-state index is 0.0952. The van der Waals surface area contributed by atoms with Crippen LogP contribution < -0.4 is 4.74 Å². The van der Waals surface area contributed by atoms with Gasteiger partial charge in [-0.1, -0.05) is 12.1 Å². The number of hydrogen-bond donors (Lipinski definition) is 1. The summed E-state index contributed by atoms with van der Waals surface area (Å²) in [5, 5.41) is 0. The van der Waals surface area contributed by atoms with Crippen LogP contribution in [-0.4, -0.2) is 59.0 Å². The number of nitrogens with one attached hydrogen (secondary N) is 1. The molecular formula is C21H24N4O2. The lowest BCUT2D eigenvalue weighted by molar-refractivity contribution is 0.0761. The second-order valence-corrected chi connectivity index (χ2v) is 6.90. The predicted molar refractivity (Wildman–Crippen MR) is 105 cm³/mol. The number of methoxy groups -OCH3 is 1. The van der Waals surface area contributed by atoms with Gasteiger partial charge in [0, 0.05) is 38.3 Å². The highest BCUT2D eigenvalue weighted by atomic mass is 16.5. The van der Waals surface area contributed by atoms with Crippen LogP contribution in [0.1, 0.15) is 22.3 Å². The average molecular weight is 364 g/mol. The zero-order valence-electron chi connectivity index (χ0n) is 15.5. The van der Waals surface area contributed by atoms with Crippen LogP contribution in [0.15, 0.2) is 48.8 Å². The third kappa shape index (κ3) is 3.95. The Morgan fingerprint density at radius 2 is 1.96 bits per heavy atom. The van der Waals surface area contributed by atoms with E-state index in [1.807, 2.05) is 35.2 Å². The minimum Gasteiger partial charge on any atom is -0.497 e. The highest BCUT2D eigenvalue weighted by Gasteiger charge is 2.20. The van der Waals surface area contributed by atoms with Crippen LogP contribution in [0.2, 0.25) is 0 Å². The fourth-order valence-corrected chi connectivity index (χ4v) is 3.57. The SMILES string of the molecule is COc1ccc(CN2CCCN(C(=O)c3ccc4nc[nH]c4c3)CC2)cc1. The second kappa shape index (κ2) is 7.80. The molecule has 6 nitrogen and oxygen atoms in total. The van der Waals surface area contributed by atoms with Crippen molar-refractivity contribution in [1.82, 2.24) is 19.8 Å². The van der Waals surface area contributed by atoms with Gasteiger partial charge in [0.2, 0.25) is 0 Å². The summed E-state index contributed by atoms with van der Waals surface area (Å²) in [6.07, 6.45) is 2.64. The van der Waals surface area contributed by atoms with E-state index in [0.29, 0.717) is 0 Å². The van der Waals surface area contributed by atoms with Crippen molar-refractivity contribution in [3.63, 3.8) is 0 Å². The first-order valence-corrected chi connectivity index (χ1v) is 9.30. The van der Waals surface area contributed by atoms with Gasteiger partial charge in [-0.25, -0.2) is 4.98 Å². The van der Waals surface area contributed by atoms with Gasteiger partial charge in [0.25, 0.3) is 5.91 Å². The summed E-state index contributed by atoms with van der Waals surface area (Å²) in [5.74, 6) is 0.971. The van der Waals surface area contributed by atoms with Crippen molar-refractivity contribution in [1.29, 1.82) is 0 Å². The largest absolute Gasteiger partial charge is 0.497 e. The summed E-state index contributed by atoms with van der Waals surface area (Å²) < 4.78 is 5.22. The van der Waals surface area contributed by atoms with Crippen LogP contribution in [0, 0.1) is 0 Å². The molecular weight excluding hydrogens is 340 g/mol. The van der Waals surface area contributed by atoms with Crippen LogP contribution in [0.25, 0.3) is 11.0 Å². The van der Waals surface area contributed by atoms with E-state index in [4.69, 9.17) is 4.74 Å². The topological polar surface area (TPSA) is 61.5 Å². The molecule has 0 atom stereocenters. The zero-order valence-corrected chi connectivity index (χ0v) is 15.5. The van der Waals surface area contributed by atoms with E-state index in [-0.39, 0.29) is 5.91 Å². The maximum Gasteiger partial charge on any atom is 0.253 e. The molecule has 0 aliphatic carbocycles. The van der Waals surface area contributed by atoms with Crippen molar-refractivity contribution < 1.29 is 9.53 Å². The first kappa shape index (κ1) is 17.5. The fourth-order valence-electron chi connectivity index (χ4n) is 3.57. The quantitative estimate of drug-likeness (QED) is 0.773. The molecule has 1 fully saturated rings. The van der Waals surface area contributed by atoms with Crippen LogP contribution in [0.5, 0.6) is 5.75 Å². The summed E-state index contributed by atoms with van der Waals surface area (Å²) in [5.41, 5.74) is 3.76. The van der Waals surface area contributed by atoms with Gasteiger partial charge in [-0.2, -0.15) is 0 Å². The number of amides is 1. The summed E-state index contributed by atoms with van der Waals surface area (Å²) in [7, 11) is 1.68. The molecule has 0 bridgehead atoms. The lowest BCUT2D eigenvalue weighted by Crippen LogP contribution is -2.35. The highest BCUT2D eigenvalue weighted by molar-refractivity contribution is 5.97. The molecule has 6 heteroatoms. The van der Waals surface area contributed by atoms with Crippen LogP contribution in [0.4, 0.5) is 0 Å². The number of aromatic nitrogens is 2. The number of rotatable bonds is 4.